The van der Waals surface area contributed by atoms with Crippen molar-refractivity contribution in [3.05, 3.63) is 41.5 Å². The molecule has 0 aliphatic carbocycles. The second kappa shape index (κ2) is 10.5. The van der Waals surface area contributed by atoms with E-state index < -0.39 is 18.1 Å². The molecule has 0 bridgehead atoms. The molecule has 1 aliphatic heterocycles. The van der Waals surface area contributed by atoms with Crippen molar-refractivity contribution in [2.24, 2.45) is 0 Å². The van der Waals surface area contributed by atoms with Crippen LogP contribution in [0.1, 0.15) is 36.4 Å². The molecule has 32 heavy (non-hydrogen) atoms. The fourth-order valence-electron chi connectivity index (χ4n) is 4.38. The lowest BCUT2D eigenvalue weighted by atomic mass is 9.90. The van der Waals surface area contributed by atoms with Crippen molar-refractivity contribution in [1.82, 2.24) is 4.90 Å². The SMILES string of the molecule is COc1ccc(C(c2cc(OC)c(OC)c(OC)c2)N2CCCCC2C(=O)O)c(OC)c1. The number of rotatable bonds is 9. The van der Waals surface area contributed by atoms with E-state index in [4.69, 9.17) is 23.7 Å². The first-order valence-electron chi connectivity index (χ1n) is 10.5. The maximum atomic E-state index is 12.2. The predicted molar refractivity (Wildman–Crippen MR) is 119 cm³/mol. The van der Waals surface area contributed by atoms with Gasteiger partial charge in [0.1, 0.15) is 17.5 Å². The van der Waals surface area contributed by atoms with Crippen molar-refractivity contribution in [2.45, 2.75) is 31.3 Å². The number of likely N-dealkylation sites (tertiary alicyclic amines) is 1. The van der Waals surface area contributed by atoms with E-state index in [0.717, 1.165) is 24.0 Å². The molecule has 0 aromatic heterocycles. The number of carboxylic acid groups (broad SMARTS) is 1. The van der Waals surface area contributed by atoms with E-state index in [0.29, 0.717) is 41.7 Å². The van der Waals surface area contributed by atoms with Gasteiger partial charge in [0.2, 0.25) is 5.75 Å². The van der Waals surface area contributed by atoms with E-state index in [9.17, 15) is 9.90 Å². The Kier molecular flexibility index (Phi) is 7.69. The molecule has 2 aromatic rings. The van der Waals surface area contributed by atoms with Gasteiger partial charge in [-0.2, -0.15) is 0 Å². The van der Waals surface area contributed by atoms with E-state index in [1.165, 1.54) is 0 Å². The topological polar surface area (TPSA) is 86.7 Å². The molecule has 0 amide bonds. The zero-order valence-electron chi connectivity index (χ0n) is 19.2. The Bertz CT molecular complexity index is 921. The highest BCUT2D eigenvalue weighted by Gasteiger charge is 2.37. The first-order chi connectivity index (χ1) is 15.5. The minimum Gasteiger partial charge on any atom is -0.497 e. The number of benzene rings is 2. The smallest absolute Gasteiger partial charge is 0.320 e. The molecule has 1 N–H and O–H groups in total. The number of piperidine rings is 1. The fourth-order valence-corrected chi connectivity index (χ4v) is 4.38. The molecular weight excluding hydrogens is 414 g/mol. The Morgan fingerprint density at radius 2 is 1.56 bits per heavy atom. The van der Waals surface area contributed by atoms with Crippen molar-refractivity contribution in [2.75, 3.05) is 42.1 Å². The van der Waals surface area contributed by atoms with E-state index in [1.807, 2.05) is 29.2 Å². The molecule has 1 saturated heterocycles. The summed E-state index contributed by atoms with van der Waals surface area (Å²) in [7, 11) is 7.86. The molecule has 0 radical (unpaired) electrons. The van der Waals surface area contributed by atoms with Gasteiger partial charge in [0, 0.05) is 11.6 Å². The van der Waals surface area contributed by atoms with Crippen molar-refractivity contribution < 1.29 is 33.6 Å². The summed E-state index contributed by atoms with van der Waals surface area (Å²) in [6, 6.07) is 8.26. The van der Waals surface area contributed by atoms with Crippen molar-refractivity contribution >= 4 is 5.97 Å². The van der Waals surface area contributed by atoms with Gasteiger partial charge < -0.3 is 28.8 Å². The summed E-state index contributed by atoms with van der Waals surface area (Å²) in [6.45, 7) is 0.632. The predicted octanol–water partition coefficient (Wildman–Crippen LogP) is 3.76. The maximum absolute atomic E-state index is 12.2. The van der Waals surface area contributed by atoms with Crippen LogP contribution in [-0.4, -0.2) is 64.1 Å². The molecule has 1 heterocycles. The molecular formula is C24H31NO7. The number of nitrogens with zero attached hydrogens (tertiary/aromatic N) is 1. The van der Waals surface area contributed by atoms with Gasteiger partial charge in [0.25, 0.3) is 0 Å². The summed E-state index contributed by atoms with van der Waals surface area (Å²) in [5, 5.41) is 9.98. The van der Waals surface area contributed by atoms with E-state index in [1.54, 1.807) is 41.6 Å². The first kappa shape index (κ1) is 23.5. The average molecular weight is 446 g/mol. The van der Waals surface area contributed by atoms with Gasteiger partial charge in [0.15, 0.2) is 11.5 Å². The van der Waals surface area contributed by atoms with Crippen molar-refractivity contribution in [1.29, 1.82) is 0 Å². The molecule has 2 unspecified atom stereocenters. The highest BCUT2D eigenvalue weighted by molar-refractivity contribution is 5.74. The van der Waals surface area contributed by atoms with Gasteiger partial charge in [-0.05, 0) is 49.2 Å². The van der Waals surface area contributed by atoms with Gasteiger partial charge in [-0.25, -0.2) is 0 Å². The highest BCUT2D eigenvalue weighted by atomic mass is 16.5. The number of aliphatic carboxylic acids is 1. The molecule has 0 spiro atoms. The van der Waals surface area contributed by atoms with Gasteiger partial charge in [-0.15, -0.1) is 0 Å². The van der Waals surface area contributed by atoms with Crippen LogP contribution < -0.4 is 23.7 Å². The number of hydrogen-bond donors (Lipinski definition) is 1. The van der Waals surface area contributed by atoms with Crippen LogP contribution in [0.5, 0.6) is 28.7 Å². The van der Waals surface area contributed by atoms with Crippen LogP contribution in [0, 0.1) is 0 Å². The van der Waals surface area contributed by atoms with Gasteiger partial charge >= 0.3 is 5.97 Å². The molecule has 8 heteroatoms. The fraction of sp³-hybridized carbons (Fsp3) is 0.458. The van der Waals surface area contributed by atoms with Gasteiger partial charge in [-0.1, -0.05) is 6.42 Å². The van der Waals surface area contributed by atoms with Gasteiger partial charge in [0.05, 0.1) is 41.6 Å². The molecule has 3 rings (SSSR count). The van der Waals surface area contributed by atoms with E-state index in [-0.39, 0.29) is 0 Å². The van der Waals surface area contributed by atoms with Crippen LogP contribution in [0.4, 0.5) is 0 Å². The molecule has 1 fully saturated rings. The van der Waals surface area contributed by atoms with Crippen LogP contribution >= 0.6 is 0 Å². The first-order valence-corrected chi connectivity index (χ1v) is 10.5. The molecule has 0 saturated carbocycles. The summed E-state index contributed by atoms with van der Waals surface area (Å²) in [4.78, 5) is 14.2. The van der Waals surface area contributed by atoms with Crippen LogP contribution in [-0.2, 0) is 4.79 Å². The summed E-state index contributed by atoms with van der Waals surface area (Å²) >= 11 is 0. The minimum atomic E-state index is -0.838. The van der Waals surface area contributed by atoms with Crippen LogP contribution in [0.15, 0.2) is 30.3 Å². The van der Waals surface area contributed by atoms with Crippen LogP contribution in [0.25, 0.3) is 0 Å². The third-order valence-electron chi connectivity index (χ3n) is 5.90. The van der Waals surface area contributed by atoms with E-state index >= 15 is 0 Å². The number of carboxylic acids is 1. The molecule has 2 aromatic carbocycles. The zero-order valence-corrected chi connectivity index (χ0v) is 19.2. The summed E-state index contributed by atoms with van der Waals surface area (Å²) < 4.78 is 27.7. The minimum absolute atomic E-state index is 0.411. The number of ether oxygens (including phenoxy) is 5. The van der Waals surface area contributed by atoms with Crippen LogP contribution in [0.3, 0.4) is 0 Å². The largest absolute Gasteiger partial charge is 0.497 e. The second-order valence-corrected chi connectivity index (χ2v) is 7.56. The van der Waals surface area contributed by atoms with E-state index in [2.05, 4.69) is 0 Å². The Balaban J connectivity index is 2.25. The second-order valence-electron chi connectivity index (χ2n) is 7.56. The lowest BCUT2D eigenvalue weighted by Gasteiger charge is -2.40. The Morgan fingerprint density at radius 3 is 2.09 bits per heavy atom. The summed E-state index contributed by atoms with van der Waals surface area (Å²) in [5.74, 6) is 1.91. The number of carbonyl (C=O) groups is 1. The van der Waals surface area contributed by atoms with Crippen molar-refractivity contribution in [3.63, 3.8) is 0 Å². The third kappa shape index (κ3) is 4.55. The molecule has 1 aliphatic rings. The Labute approximate surface area is 188 Å². The summed E-state index contributed by atoms with van der Waals surface area (Å²) in [6.07, 6.45) is 2.35. The lowest BCUT2D eigenvalue weighted by Crippen LogP contribution is -2.46. The monoisotopic (exact) mass is 445 g/mol. The zero-order chi connectivity index (χ0) is 23.3. The Morgan fingerprint density at radius 1 is 0.906 bits per heavy atom. The van der Waals surface area contributed by atoms with Crippen LogP contribution in [0.2, 0.25) is 0 Å². The summed E-state index contributed by atoms with van der Waals surface area (Å²) in [5.41, 5.74) is 1.65. The normalized spacial score (nSPS) is 17.3. The van der Waals surface area contributed by atoms with Crippen molar-refractivity contribution in [3.8, 4) is 28.7 Å². The lowest BCUT2D eigenvalue weighted by molar-refractivity contribution is -0.145. The third-order valence-corrected chi connectivity index (χ3v) is 5.90. The van der Waals surface area contributed by atoms with Gasteiger partial charge in [-0.3, -0.25) is 9.69 Å². The number of methoxy groups -OCH3 is 5. The maximum Gasteiger partial charge on any atom is 0.320 e. The molecule has 2 atom stereocenters. The standard InChI is InChI=1S/C24H31NO7/c1-28-16-9-10-17(19(14-16)29-2)22(25-11-7-6-8-18(25)24(26)27)15-12-20(30-3)23(32-5)21(13-15)31-4/h9-10,12-14,18,22H,6-8,11H2,1-5H3,(H,26,27). The number of hydrogen-bond acceptors (Lipinski definition) is 7. The molecule has 8 nitrogen and oxygen atoms in total. The highest BCUT2D eigenvalue weighted by Crippen LogP contribution is 2.45. The molecule has 174 valence electrons. The Hall–Kier alpha value is -3.13. The quantitative estimate of drug-likeness (QED) is 0.624. The average Bonchev–Trinajstić information content (AvgIpc) is 2.83.